The lowest BCUT2D eigenvalue weighted by Crippen LogP contribution is -2.00. The molecule has 0 aliphatic rings. The summed E-state index contributed by atoms with van der Waals surface area (Å²) in [5.41, 5.74) is 1.72. The zero-order valence-electron chi connectivity index (χ0n) is 9.18. The van der Waals surface area contributed by atoms with E-state index >= 15 is 0 Å². The van der Waals surface area contributed by atoms with E-state index in [-0.39, 0.29) is 0 Å². The Bertz CT molecular complexity index is 549. The Balaban J connectivity index is 2.14. The van der Waals surface area contributed by atoms with E-state index in [1.807, 2.05) is 12.1 Å². The topological polar surface area (TPSA) is 12.0 Å². The van der Waals surface area contributed by atoms with Gasteiger partial charge in [0.05, 0.1) is 25.8 Å². The lowest BCUT2D eigenvalue weighted by Gasteiger charge is -2.10. The molecule has 0 bridgehead atoms. The molecule has 0 fully saturated rings. The van der Waals surface area contributed by atoms with Gasteiger partial charge in [0, 0.05) is 6.54 Å². The van der Waals surface area contributed by atoms with E-state index < -0.39 is 0 Å². The van der Waals surface area contributed by atoms with E-state index in [1.54, 1.807) is 24.3 Å². The Labute approximate surface area is 126 Å². The van der Waals surface area contributed by atoms with Crippen LogP contribution in [0.1, 0.15) is 5.56 Å². The summed E-state index contributed by atoms with van der Waals surface area (Å²) in [5, 5.41) is 5.42. The van der Waals surface area contributed by atoms with Crippen LogP contribution in [0.25, 0.3) is 0 Å². The third-order valence-corrected chi connectivity index (χ3v) is 3.79. The highest BCUT2D eigenvalue weighted by molar-refractivity contribution is 6.42. The highest BCUT2D eigenvalue weighted by atomic mass is 35.5. The molecule has 0 spiro atoms. The SMILES string of the molecule is Clc1ccc(CNc2c(Cl)cccc2Cl)cc1Cl. The Morgan fingerprint density at radius 2 is 1.44 bits per heavy atom. The molecule has 1 N–H and O–H groups in total. The summed E-state index contributed by atoms with van der Waals surface area (Å²) >= 11 is 23.9. The molecule has 0 amide bonds. The molecule has 0 heterocycles. The van der Waals surface area contributed by atoms with Crippen LogP contribution >= 0.6 is 46.4 Å². The monoisotopic (exact) mass is 319 g/mol. The van der Waals surface area contributed by atoms with Gasteiger partial charge in [-0.05, 0) is 29.8 Å². The summed E-state index contributed by atoms with van der Waals surface area (Å²) in [6, 6.07) is 10.8. The molecule has 0 aliphatic heterocycles. The first-order valence-corrected chi connectivity index (χ1v) is 6.71. The molecule has 2 rings (SSSR count). The Morgan fingerprint density at radius 1 is 0.778 bits per heavy atom. The molecule has 2 aromatic carbocycles. The lowest BCUT2D eigenvalue weighted by molar-refractivity contribution is 1.15. The van der Waals surface area contributed by atoms with Gasteiger partial charge in [-0.3, -0.25) is 0 Å². The van der Waals surface area contributed by atoms with E-state index in [2.05, 4.69) is 5.32 Å². The van der Waals surface area contributed by atoms with E-state index in [1.165, 1.54) is 0 Å². The fourth-order valence-electron chi connectivity index (χ4n) is 1.51. The predicted octanol–water partition coefficient (Wildman–Crippen LogP) is 5.91. The van der Waals surface area contributed by atoms with Gasteiger partial charge < -0.3 is 5.32 Å². The number of anilines is 1. The first-order valence-electron chi connectivity index (χ1n) is 5.20. The van der Waals surface area contributed by atoms with Crippen molar-refractivity contribution in [2.24, 2.45) is 0 Å². The van der Waals surface area contributed by atoms with Crippen molar-refractivity contribution in [3.8, 4) is 0 Å². The summed E-state index contributed by atoms with van der Waals surface area (Å²) in [7, 11) is 0. The fourth-order valence-corrected chi connectivity index (χ4v) is 2.36. The standard InChI is InChI=1S/C13H9Cl4N/c14-9-5-4-8(6-12(9)17)7-18-13-10(15)2-1-3-11(13)16/h1-6,18H,7H2. The first-order chi connectivity index (χ1) is 8.58. The van der Waals surface area contributed by atoms with Crippen molar-refractivity contribution >= 4 is 52.1 Å². The van der Waals surface area contributed by atoms with E-state index in [4.69, 9.17) is 46.4 Å². The molecule has 0 unspecified atom stereocenters. The molecule has 5 heteroatoms. The Kier molecular flexibility index (Phi) is 4.63. The van der Waals surface area contributed by atoms with E-state index in [0.29, 0.717) is 32.3 Å². The fraction of sp³-hybridized carbons (Fsp3) is 0.0769. The summed E-state index contributed by atoms with van der Waals surface area (Å²) < 4.78 is 0. The molecule has 0 aromatic heterocycles. The van der Waals surface area contributed by atoms with Crippen LogP contribution in [-0.4, -0.2) is 0 Å². The Morgan fingerprint density at radius 3 is 2.06 bits per heavy atom. The maximum atomic E-state index is 6.06. The zero-order valence-corrected chi connectivity index (χ0v) is 12.2. The van der Waals surface area contributed by atoms with Gasteiger partial charge in [-0.1, -0.05) is 58.5 Å². The van der Waals surface area contributed by atoms with Gasteiger partial charge in [-0.15, -0.1) is 0 Å². The molecule has 94 valence electrons. The molecular weight excluding hydrogens is 312 g/mol. The molecule has 2 aromatic rings. The minimum Gasteiger partial charge on any atom is -0.379 e. The zero-order chi connectivity index (χ0) is 13.1. The number of hydrogen-bond donors (Lipinski definition) is 1. The second kappa shape index (κ2) is 6.03. The van der Waals surface area contributed by atoms with E-state index in [9.17, 15) is 0 Å². The molecule has 18 heavy (non-hydrogen) atoms. The number of rotatable bonds is 3. The van der Waals surface area contributed by atoms with Gasteiger partial charge in [0.25, 0.3) is 0 Å². The molecule has 0 saturated heterocycles. The van der Waals surface area contributed by atoms with Crippen LogP contribution in [0.15, 0.2) is 36.4 Å². The van der Waals surface area contributed by atoms with Crippen LogP contribution < -0.4 is 5.32 Å². The summed E-state index contributed by atoms with van der Waals surface area (Å²) in [4.78, 5) is 0. The van der Waals surface area contributed by atoms with Crippen LogP contribution in [0.3, 0.4) is 0 Å². The highest BCUT2D eigenvalue weighted by Gasteiger charge is 2.05. The highest BCUT2D eigenvalue weighted by Crippen LogP contribution is 2.30. The van der Waals surface area contributed by atoms with Crippen LogP contribution in [0.4, 0.5) is 5.69 Å². The van der Waals surface area contributed by atoms with Crippen LogP contribution in [-0.2, 0) is 6.54 Å². The minimum atomic E-state index is 0.529. The molecule has 0 saturated carbocycles. The maximum Gasteiger partial charge on any atom is 0.0721 e. The normalized spacial score (nSPS) is 10.4. The van der Waals surface area contributed by atoms with Crippen molar-refractivity contribution in [3.05, 3.63) is 62.1 Å². The summed E-state index contributed by atoms with van der Waals surface area (Å²) in [6.07, 6.45) is 0. The number of hydrogen-bond acceptors (Lipinski definition) is 1. The second-order valence-electron chi connectivity index (χ2n) is 3.70. The van der Waals surface area contributed by atoms with Gasteiger partial charge in [-0.25, -0.2) is 0 Å². The third kappa shape index (κ3) is 3.24. The summed E-state index contributed by atoms with van der Waals surface area (Å²) in [6.45, 7) is 0.570. The number of halogens is 4. The molecular formula is C13H9Cl4N. The number of para-hydroxylation sites is 1. The van der Waals surface area contributed by atoms with Crippen molar-refractivity contribution in [2.75, 3.05) is 5.32 Å². The van der Waals surface area contributed by atoms with Gasteiger partial charge in [-0.2, -0.15) is 0 Å². The van der Waals surface area contributed by atoms with Crippen molar-refractivity contribution < 1.29 is 0 Å². The largest absolute Gasteiger partial charge is 0.379 e. The molecule has 0 atom stereocenters. The number of nitrogens with one attached hydrogen (secondary N) is 1. The van der Waals surface area contributed by atoms with Gasteiger partial charge in [0.1, 0.15) is 0 Å². The van der Waals surface area contributed by atoms with Crippen molar-refractivity contribution in [1.29, 1.82) is 0 Å². The summed E-state index contributed by atoms with van der Waals surface area (Å²) in [5.74, 6) is 0. The van der Waals surface area contributed by atoms with Crippen molar-refractivity contribution in [1.82, 2.24) is 0 Å². The van der Waals surface area contributed by atoms with Crippen LogP contribution in [0.5, 0.6) is 0 Å². The quantitative estimate of drug-likeness (QED) is 0.741. The van der Waals surface area contributed by atoms with Gasteiger partial charge >= 0.3 is 0 Å². The van der Waals surface area contributed by atoms with Gasteiger partial charge in [0.15, 0.2) is 0 Å². The van der Waals surface area contributed by atoms with Crippen molar-refractivity contribution in [3.63, 3.8) is 0 Å². The van der Waals surface area contributed by atoms with Crippen LogP contribution in [0, 0.1) is 0 Å². The Hall–Kier alpha value is -0.600. The molecule has 0 radical (unpaired) electrons. The van der Waals surface area contributed by atoms with Gasteiger partial charge in [0.2, 0.25) is 0 Å². The predicted molar refractivity (Wildman–Crippen MR) is 80.3 cm³/mol. The number of benzene rings is 2. The second-order valence-corrected chi connectivity index (χ2v) is 5.33. The lowest BCUT2D eigenvalue weighted by atomic mass is 10.2. The average molecular weight is 321 g/mol. The smallest absolute Gasteiger partial charge is 0.0721 e. The van der Waals surface area contributed by atoms with Crippen LogP contribution in [0.2, 0.25) is 20.1 Å². The molecule has 1 nitrogen and oxygen atoms in total. The molecule has 0 aliphatic carbocycles. The first kappa shape index (κ1) is 13.8. The maximum absolute atomic E-state index is 6.06. The third-order valence-electron chi connectivity index (χ3n) is 2.42. The van der Waals surface area contributed by atoms with Crippen molar-refractivity contribution in [2.45, 2.75) is 6.54 Å². The van der Waals surface area contributed by atoms with E-state index in [0.717, 1.165) is 5.56 Å². The minimum absolute atomic E-state index is 0.529. The average Bonchev–Trinajstić information content (AvgIpc) is 2.33.